The molecule has 33 heavy (non-hydrogen) atoms. The fraction of sp³-hybridized carbons (Fsp3) is 0.261. The van der Waals surface area contributed by atoms with Crippen molar-refractivity contribution in [2.75, 3.05) is 32.1 Å². The molecule has 0 aliphatic carbocycles. The monoisotopic (exact) mass is 485 g/mol. The Hall–Kier alpha value is -3.11. The zero-order valence-electron chi connectivity index (χ0n) is 17.5. The summed E-state index contributed by atoms with van der Waals surface area (Å²) in [5, 5.41) is 2.68. The molecular weight excluding hydrogens is 465 g/mol. The topological polar surface area (TPSA) is 80.8 Å². The van der Waals surface area contributed by atoms with Crippen LogP contribution in [0.2, 0.25) is 0 Å². The first-order chi connectivity index (χ1) is 16.1. The summed E-state index contributed by atoms with van der Waals surface area (Å²) in [6.45, 7) is 1.66. The molecular formula is C23H20FN3O4S2. The zero-order chi connectivity index (χ0) is 22.8. The maximum Gasteiger partial charge on any atom is 0.274 e. The molecule has 1 saturated heterocycles. The Labute approximate surface area is 197 Å². The van der Waals surface area contributed by atoms with Crippen molar-refractivity contribution in [1.82, 2.24) is 15.2 Å². The molecule has 2 aliphatic heterocycles. The molecule has 3 aromatic rings. The van der Waals surface area contributed by atoms with Gasteiger partial charge in [0, 0.05) is 18.8 Å². The number of thiazole rings is 1. The standard InChI is InChI=1S/C23H20FN3O4S2/c24-15-4-1-3-14(11-15)21-19(26-13-33-21)23(29)27-7-10-32-18(27)12-25-22(28)16-5-2-6-17-20(16)31-9-8-30-17/h1-6,11,13,18H,7-10,12H2,(H,25,28). The van der Waals surface area contributed by atoms with Crippen molar-refractivity contribution in [2.24, 2.45) is 0 Å². The molecule has 2 aliphatic rings. The Morgan fingerprint density at radius 2 is 2.03 bits per heavy atom. The van der Waals surface area contributed by atoms with E-state index in [1.807, 2.05) is 0 Å². The smallest absolute Gasteiger partial charge is 0.274 e. The van der Waals surface area contributed by atoms with Crippen molar-refractivity contribution in [3.63, 3.8) is 0 Å². The molecule has 1 N–H and O–H groups in total. The summed E-state index contributed by atoms with van der Waals surface area (Å²) in [5.74, 6) is 0.863. The number of amides is 2. The van der Waals surface area contributed by atoms with Crippen LogP contribution in [-0.2, 0) is 0 Å². The van der Waals surface area contributed by atoms with E-state index in [1.54, 1.807) is 52.5 Å². The number of aromatic nitrogens is 1. The lowest BCUT2D eigenvalue weighted by atomic mass is 10.1. The fourth-order valence-electron chi connectivity index (χ4n) is 3.82. The summed E-state index contributed by atoms with van der Waals surface area (Å²) >= 11 is 2.90. The Bertz CT molecular complexity index is 1200. The Balaban J connectivity index is 1.29. The lowest BCUT2D eigenvalue weighted by molar-refractivity contribution is 0.0746. The van der Waals surface area contributed by atoms with Gasteiger partial charge in [0.2, 0.25) is 0 Å². The van der Waals surface area contributed by atoms with Crippen LogP contribution in [0.3, 0.4) is 0 Å². The molecule has 170 valence electrons. The molecule has 0 saturated carbocycles. The van der Waals surface area contributed by atoms with Gasteiger partial charge in [-0.25, -0.2) is 9.37 Å². The van der Waals surface area contributed by atoms with E-state index in [0.717, 1.165) is 5.75 Å². The number of halogens is 1. The molecule has 0 spiro atoms. The van der Waals surface area contributed by atoms with Gasteiger partial charge in [0.1, 0.15) is 24.7 Å². The second-order valence-corrected chi connectivity index (χ2v) is 9.54. The maximum atomic E-state index is 13.7. The number of para-hydroxylation sites is 1. The van der Waals surface area contributed by atoms with Gasteiger partial charge in [0.05, 0.1) is 21.3 Å². The van der Waals surface area contributed by atoms with Gasteiger partial charge in [-0.3, -0.25) is 9.59 Å². The predicted molar refractivity (Wildman–Crippen MR) is 125 cm³/mol. The number of rotatable bonds is 5. The average Bonchev–Trinajstić information content (AvgIpc) is 3.51. The summed E-state index contributed by atoms with van der Waals surface area (Å²) in [4.78, 5) is 32.8. The molecule has 10 heteroatoms. The first-order valence-electron chi connectivity index (χ1n) is 10.4. The summed E-state index contributed by atoms with van der Waals surface area (Å²) in [7, 11) is 0. The third-order valence-corrected chi connectivity index (χ3v) is 7.46. The minimum atomic E-state index is -0.367. The van der Waals surface area contributed by atoms with Gasteiger partial charge in [0.15, 0.2) is 11.5 Å². The van der Waals surface area contributed by atoms with Crippen molar-refractivity contribution >= 4 is 34.9 Å². The third kappa shape index (κ3) is 4.40. The molecule has 3 heterocycles. The molecule has 5 rings (SSSR count). The van der Waals surface area contributed by atoms with Crippen LogP contribution in [0.25, 0.3) is 10.4 Å². The number of thioether (sulfide) groups is 1. The molecule has 2 aromatic carbocycles. The summed E-state index contributed by atoms with van der Waals surface area (Å²) in [6.07, 6.45) is 0. The largest absolute Gasteiger partial charge is 0.486 e. The second kappa shape index (κ2) is 9.40. The van der Waals surface area contributed by atoms with E-state index in [4.69, 9.17) is 9.47 Å². The maximum absolute atomic E-state index is 13.7. The highest BCUT2D eigenvalue weighted by Gasteiger charge is 2.33. The minimum Gasteiger partial charge on any atom is -0.486 e. The van der Waals surface area contributed by atoms with Gasteiger partial charge in [0.25, 0.3) is 11.8 Å². The van der Waals surface area contributed by atoms with Crippen molar-refractivity contribution in [2.45, 2.75) is 5.37 Å². The highest BCUT2D eigenvalue weighted by atomic mass is 32.2. The molecule has 1 atom stereocenters. The van der Waals surface area contributed by atoms with Crippen LogP contribution < -0.4 is 14.8 Å². The van der Waals surface area contributed by atoms with Crippen molar-refractivity contribution in [3.05, 3.63) is 65.0 Å². The highest BCUT2D eigenvalue weighted by molar-refractivity contribution is 8.00. The van der Waals surface area contributed by atoms with E-state index < -0.39 is 0 Å². The quantitative estimate of drug-likeness (QED) is 0.594. The highest BCUT2D eigenvalue weighted by Crippen LogP contribution is 2.34. The number of nitrogens with zero attached hydrogens (tertiary/aromatic N) is 2. The number of benzene rings is 2. The Morgan fingerprint density at radius 1 is 1.18 bits per heavy atom. The van der Waals surface area contributed by atoms with Crippen LogP contribution in [0, 0.1) is 5.82 Å². The van der Waals surface area contributed by atoms with Crippen molar-refractivity contribution < 1.29 is 23.5 Å². The van der Waals surface area contributed by atoms with Crippen LogP contribution in [0.5, 0.6) is 11.5 Å². The number of carbonyl (C=O) groups is 2. The Morgan fingerprint density at radius 3 is 2.91 bits per heavy atom. The van der Waals surface area contributed by atoms with Crippen LogP contribution in [0.1, 0.15) is 20.8 Å². The summed E-state index contributed by atoms with van der Waals surface area (Å²) < 4.78 is 24.9. The molecule has 7 nitrogen and oxygen atoms in total. The molecule has 1 fully saturated rings. The number of hydrogen-bond donors (Lipinski definition) is 1. The summed E-state index contributed by atoms with van der Waals surface area (Å²) in [5.41, 5.74) is 2.91. The van der Waals surface area contributed by atoms with Gasteiger partial charge in [-0.15, -0.1) is 23.1 Å². The number of fused-ring (bicyclic) bond motifs is 1. The minimum absolute atomic E-state index is 0.228. The van der Waals surface area contributed by atoms with E-state index in [2.05, 4.69) is 10.3 Å². The van der Waals surface area contributed by atoms with E-state index in [0.29, 0.717) is 53.0 Å². The Kier molecular flexibility index (Phi) is 6.19. The third-order valence-electron chi connectivity index (χ3n) is 5.36. The molecule has 0 radical (unpaired) electrons. The molecule has 1 unspecified atom stereocenters. The number of carbonyl (C=O) groups excluding carboxylic acids is 2. The molecule has 1 aromatic heterocycles. The number of ether oxygens (including phenoxy) is 2. The second-order valence-electron chi connectivity index (χ2n) is 7.40. The van der Waals surface area contributed by atoms with Gasteiger partial charge in [-0.05, 0) is 29.8 Å². The fourth-order valence-corrected chi connectivity index (χ4v) is 5.75. The molecule has 2 amide bonds. The molecule has 0 bridgehead atoms. The van der Waals surface area contributed by atoms with E-state index in [-0.39, 0.29) is 29.6 Å². The van der Waals surface area contributed by atoms with Crippen LogP contribution in [0.4, 0.5) is 4.39 Å². The first-order valence-corrected chi connectivity index (χ1v) is 12.3. The average molecular weight is 486 g/mol. The first kappa shape index (κ1) is 21.7. The van der Waals surface area contributed by atoms with Crippen LogP contribution in [0.15, 0.2) is 48.0 Å². The van der Waals surface area contributed by atoms with Crippen LogP contribution in [-0.4, -0.2) is 59.1 Å². The lowest BCUT2D eigenvalue weighted by Crippen LogP contribution is -2.42. The van der Waals surface area contributed by atoms with Gasteiger partial charge in [-0.1, -0.05) is 18.2 Å². The summed E-state index contributed by atoms with van der Waals surface area (Å²) in [6, 6.07) is 11.3. The van der Waals surface area contributed by atoms with E-state index in [9.17, 15) is 14.0 Å². The van der Waals surface area contributed by atoms with E-state index >= 15 is 0 Å². The van der Waals surface area contributed by atoms with Crippen LogP contribution >= 0.6 is 23.1 Å². The zero-order valence-corrected chi connectivity index (χ0v) is 19.1. The van der Waals surface area contributed by atoms with Gasteiger partial charge >= 0.3 is 0 Å². The van der Waals surface area contributed by atoms with Crippen molar-refractivity contribution in [3.8, 4) is 21.9 Å². The predicted octanol–water partition coefficient (Wildman–Crippen LogP) is 3.67. The van der Waals surface area contributed by atoms with Gasteiger partial charge < -0.3 is 19.7 Å². The normalized spacial score (nSPS) is 17.1. The van der Waals surface area contributed by atoms with Crippen molar-refractivity contribution in [1.29, 1.82) is 0 Å². The number of nitrogens with one attached hydrogen (secondary N) is 1. The van der Waals surface area contributed by atoms with Gasteiger partial charge in [-0.2, -0.15) is 0 Å². The number of hydrogen-bond acceptors (Lipinski definition) is 7. The van der Waals surface area contributed by atoms with E-state index in [1.165, 1.54) is 23.5 Å². The lowest BCUT2D eigenvalue weighted by Gasteiger charge is -2.24. The SMILES string of the molecule is O=C(NCC1SCCN1C(=O)c1ncsc1-c1cccc(F)c1)c1cccc2c1OCCO2.